The highest BCUT2D eigenvalue weighted by atomic mass is 28.3. The van der Waals surface area contributed by atoms with Crippen LogP contribution in [0, 0.1) is 0 Å². The summed E-state index contributed by atoms with van der Waals surface area (Å²) >= 11 is 0. The first kappa shape index (κ1) is 7.25. The second-order valence-corrected chi connectivity index (χ2v) is 5.14. The number of ether oxygens (including phenoxy) is 1. The zero-order valence-corrected chi connectivity index (χ0v) is 7.25. The summed E-state index contributed by atoms with van der Waals surface area (Å²) in [6.07, 6.45) is 0. The Morgan fingerprint density at radius 3 is 2.67 bits per heavy atom. The third kappa shape index (κ3) is 1.78. The van der Waals surface area contributed by atoms with Crippen molar-refractivity contribution < 1.29 is 9.16 Å². The van der Waals surface area contributed by atoms with Gasteiger partial charge in [-0.25, -0.2) is 0 Å². The smallest absolute Gasteiger partial charge is 0.181 e. The monoisotopic (exact) mass is 146 g/mol. The molecule has 0 aromatic heterocycles. The summed E-state index contributed by atoms with van der Waals surface area (Å²) in [5.41, 5.74) is 0.796. The predicted octanol–water partition coefficient (Wildman–Crippen LogP) is 0.777. The molecule has 0 bridgehead atoms. The molecule has 0 saturated carbocycles. The van der Waals surface area contributed by atoms with Crippen molar-refractivity contribution in [1.29, 1.82) is 0 Å². The summed E-state index contributed by atoms with van der Waals surface area (Å²) in [7, 11) is -0.834. The second-order valence-electron chi connectivity index (χ2n) is 2.46. The topological polar surface area (TPSA) is 18.5 Å². The summed E-state index contributed by atoms with van der Waals surface area (Å²) in [5.74, 6) is 0. The van der Waals surface area contributed by atoms with E-state index in [1.807, 2.05) is 0 Å². The van der Waals surface area contributed by atoms with Crippen molar-refractivity contribution in [3.8, 4) is 0 Å². The molecule has 0 spiro atoms. The molecule has 1 fully saturated rings. The largest absolute Gasteiger partial charge is 0.420 e. The number of hydrogen-bond donors (Lipinski definition) is 0. The van der Waals surface area contributed by atoms with Crippen LogP contribution >= 0.6 is 0 Å². The van der Waals surface area contributed by atoms with Crippen LogP contribution in [0.1, 0.15) is 6.92 Å². The zero-order valence-electron chi connectivity index (χ0n) is 6.09. The maximum Gasteiger partial charge on any atom is 0.181 e. The molecule has 1 aliphatic heterocycles. The van der Waals surface area contributed by atoms with Crippen LogP contribution in [0.5, 0.6) is 0 Å². The molecule has 1 rings (SSSR count). The molecule has 1 aliphatic rings. The summed E-state index contributed by atoms with van der Waals surface area (Å²) in [6, 6.07) is 0. The molecule has 1 atom stereocenters. The summed E-state index contributed by atoms with van der Waals surface area (Å²) in [5, 5.41) is 0. The highest BCUT2D eigenvalue weighted by Crippen LogP contribution is 2.20. The molecule has 1 unspecified atom stereocenters. The summed E-state index contributed by atoms with van der Waals surface area (Å²) in [4.78, 5) is 0. The molecule has 2 nitrogen and oxygen atoms in total. The molecular formula is C6H14O2Si. The molecule has 1 heterocycles. The van der Waals surface area contributed by atoms with Crippen molar-refractivity contribution in [2.75, 3.05) is 19.8 Å². The average molecular weight is 146 g/mol. The predicted molar refractivity (Wildman–Crippen MR) is 39.2 cm³/mol. The van der Waals surface area contributed by atoms with E-state index < -0.39 is 9.04 Å². The van der Waals surface area contributed by atoms with E-state index in [2.05, 4.69) is 13.5 Å². The third-order valence-corrected chi connectivity index (χ3v) is 4.33. The first-order valence-corrected chi connectivity index (χ1v) is 5.83. The van der Waals surface area contributed by atoms with E-state index in [1.165, 1.54) is 0 Å². The molecule has 0 aliphatic carbocycles. The fourth-order valence-corrected chi connectivity index (χ4v) is 2.54. The van der Waals surface area contributed by atoms with Gasteiger partial charge in [-0.15, -0.1) is 0 Å². The molecule has 0 amide bonds. The van der Waals surface area contributed by atoms with E-state index in [9.17, 15) is 0 Å². The van der Waals surface area contributed by atoms with Crippen LogP contribution in [0.2, 0.25) is 12.1 Å². The van der Waals surface area contributed by atoms with Crippen molar-refractivity contribution >= 4 is 9.04 Å². The molecule has 9 heavy (non-hydrogen) atoms. The maximum absolute atomic E-state index is 5.50. The van der Waals surface area contributed by atoms with Gasteiger partial charge in [-0.3, -0.25) is 0 Å². The van der Waals surface area contributed by atoms with Crippen LogP contribution in [-0.2, 0) is 9.16 Å². The Bertz CT molecular complexity index is 83.1. The average Bonchev–Trinajstić information content (AvgIpc) is 1.60. The first-order chi connectivity index (χ1) is 4.34. The Kier molecular flexibility index (Phi) is 2.69. The van der Waals surface area contributed by atoms with Gasteiger partial charge in [-0.05, 0) is 13.5 Å². The Labute approximate surface area is 57.9 Å². The zero-order chi connectivity index (χ0) is 6.69. The van der Waals surface area contributed by atoms with E-state index in [0.717, 1.165) is 25.4 Å². The van der Waals surface area contributed by atoms with Gasteiger partial charge in [0.15, 0.2) is 9.04 Å². The van der Waals surface area contributed by atoms with Gasteiger partial charge in [0.25, 0.3) is 0 Å². The van der Waals surface area contributed by atoms with Gasteiger partial charge in [-0.1, -0.05) is 0 Å². The van der Waals surface area contributed by atoms with Crippen LogP contribution in [0.3, 0.4) is 0 Å². The minimum Gasteiger partial charge on any atom is -0.420 e. The van der Waals surface area contributed by atoms with E-state index in [-0.39, 0.29) is 0 Å². The molecule has 54 valence electrons. The van der Waals surface area contributed by atoms with Gasteiger partial charge < -0.3 is 9.16 Å². The fraction of sp³-hybridized carbons (Fsp3) is 1.00. The van der Waals surface area contributed by atoms with E-state index in [0.29, 0.717) is 0 Å². The quantitative estimate of drug-likeness (QED) is 0.548. The van der Waals surface area contributed by atoms with Crippen molar-refractivity contribution in [3.63, 3.8) is 0 Å². The van der Waals surface area contributed by atoms with E-state index in [4.69, 9.17) is 9.16 Å². The van der Waals surface area contributed by atoms with Gasteiger partial charge in [0.2, 0.25) is 0 Å². The Morgan fingerprint density at radius 2 is 2.33 bits per heavy atom. The van der Waals surface area contributed by atoms with E-state index in [1.54, 1.807) is 0 Å². The summed E-state index contributed by atoms with van der Waals surface area (Å²) < 4.78 is 10.6. The Hall–Kier alpha value is 0.137. The minimum absolute atomic E-state index is 0.796. The maximum atomic E-state index is 5.50. The first-order valence-electron chi connectivity index (χ1n) is 3.54. The normalized spacial score (nSPS) is 23.3. The van der Waals surface area contributed by atoms with E-state index >= 15 is 0 Å². The molecule has 0 aromatic rings. The minimum atomic E-state index is -0.834. The second kappa shape index (κ2) is 3.34. The highest BCUT2D eigenvalue weighted by molar-refractivity contribution is 6.52. The van der Waals surface area contributed by atoms with Gasteiger partial charge >= 0.3 is 0 Å². The Morgan fingerprint density at radius 1 is 1.67 bits per heavy atom. The van der Waals surface area contributed by atoms with Crippen molar-refractivity contribution in [2.24, 2.45) is 0 Å². The van der Waals surface area contributed by atoms with Crippen LogP contribution < -0.4 is 0 Å². The lowest BCUT2D eigenvalue weighted by Gasteiger charge is -2.29. The van der Waals surface area contributed by atoms with Gasteiger partial charge in [0.1, 0.15) is 0 Å². The Balaban J connectivity index is 2.08. The number of rotatable bonds is 3. The molecule has 0 N–H and O–H groups in total. The number of hydrogen-bond acceptors (Lipinski definition) is 2. The summed E-state index contributed by atoms with van der Waals surface area (Å²) in [6.45, 7) is 7.09. The lowest BCUT2D eigenvalue weighted by atomic mass is 10.4. The molecule has 3 heteroatoms. The van der Waals surface area contributed by atoms with Crippen LogP contribution in [0.4, 0.5) is 0 Å². The molecule has 1 saturated heterocycles. The molecule has 0 radical (unpaired) electrons. The van der Waals surface area contributed by atoms with Gasteiger partial charge in [0.05, 0.1) is 13.2 Å². The third-order valence-electron chi connectivity index (χ3n) is 1.76. The fourth-order valence-electron chi connectivity index (χ4n) is 0.924. The van der Waals surface area contributed by atoms with Crippen LogP contribution in [-0.4, -0.2) is 28.9 Å². The molecule has 0 aromatic carbocycles. The van der Waals surface area contributed by atoms with Gasteiger partial charge in [0, 0.05) is 12.1 Å². The lowest BCUT2D eigenvalue weighted by molar-refractivity contribution is 0.0286. The van der Waals surface area contributed by atoms with Gasteiger partial charge in [-0.2, -0.15) is 0 Å². The standard InChI is InChI=1S/C6H14O2Si/c1-3-8-9(2)6-4-7-5-6/h6,9H,3-5H2,1-2H3. The molecular weight excluding hydrogens is 132 g/mol. The highest BCUT2D eigenvalue weighted by Gasteiger charge is 2.26. The van der Waals surface area contributed by atoms with Crippen LogP contribution in [0.15, 0.2) is 0 Å². The van der Waals surface area contributed by atoms with Crippen molar-refractivity contribution in [2.45, 2.75) is 19.0 Å². The van der Waals surface area contributed by atoms with Crippen LogP contribution in [0.25, 0.3) is 0 Å². The lowest BCUT2D eigenvalue weighted by Crippen LogP contribution is -2.35. The van der Waals surface area contributed by atoms with Crippen molar-refractivity contribution in [3.05, 3.63) is 0 Å². The SMILES string of the molecule is CCO[SiH](C)C1COC1. The van der Waals surface area contributed by atoms with Crippen molar-refractivity contribution in [1.82, 2.24) is 0 Å².